The highest BCUT2D eigenvalue weighted by Gasteiger charge is 2.32. The first-order chi connectivity index (χ1) is 8.49. The predicted octanol–water partition coefficient (Wildman–Crippen LogP) is 0.220. The van der Waals surface area contributed by atoms with Crippen LogP contribution in [-0.2, 0) is 14.6 Å². The standard InChI is InChI=1S/C11H22N2O5S/c1-5-19(17,18)7-6-12-10(16)13-8(9(14)15)11(2,3)4/h8H,5-7H2,1-4H3,(H,14,15)(H2,12,13,16)/t8-/m0/s1. The maximum Gasteiger partial charge on any atom is 0.326 e. The summed E-state index contributed by atoms with van der Waals surface area (Å²) in [6, 6.07) is -1.73. The average Bonchev–Trinajstić information content (AvgIpc) is 2.23. The van der Waals surface area contributed by atoms with Gasteiger partial charge < -0.3 is 15.7 Å². The van der Waals surface area contributed by atoms with E-state index in [1.807, 2.05) is 0 Å². The van der Waals surface area contributed by atoms with Crippen LogP contribution in [-0.4, -0.2) is 49.6 Å². The van der Waals surface area contributed by atoms with Crippen LogP contribution in [0.1, 0.15) is 27.7 Å². The summed E-state index contributed by atoms with van der Waals surface area (Å²) in [5, 5.41) is 13.7. The monoisotopic (exact) mass is 294 g/mol. The molecule has 0 fully saturated rings. The van der Waals surface area contributed by atoms with Gasteiger partial charge in [-0.25, -0.2) is 18.0 Å². The number of carbonyl (C=O) groups is 2. The zero-order valence-corrected chi connectivity index (χ0v) is 12.5. The van der Waals surface area contributed by atoms with E-state index in [1.165, 1.54) is 6.92 Å². The van der Waals surface area contributed by atoms with Crippen LogP contribution in [0.5, 0.6) is 0 Å². The second-order valence-corrected chi connectivity index (χ2v) is 7.75. The van der Waals surface area contributed by atoms with Crippen LogP contribution in [0.4, 0.5) is 4.79 Å². The van der Waals surface area contributed by atoms with Crippen molar-refractivity contribution in [2.45, 2.75) is 33.7 Å². The minimum atomic E-state index is -3.15. The smallest absolute Gasteiger partial charge is 0.326 e. The number of carbonyl (C=O) groups excluding carboxylic acids is 1. The Labute approximate surface area is 113 Å². The van der Waals surface area contributed by atoms with E-state index >= 15 is 0 Å². The van der Waals surface area contributed by atoms with E-state index in [0.29, 0.717) is 0 Å². The van der Waals surface area contributed by atoms with Crippen molar-refractivity contribution in [3.05, 3.63) is 0 Å². The molecule has 112 valence electrons. The maximum absolute atomic E-state index is 11.5. The Kier molecular flexibility index (Phi) is 6.28. The molecular formula is C11H22N2O5S. The fourth-order valence-corrected chi connectivity index (χ4v) is 2.00. The molecule has 19 heavy (non-hydrogen) atoms. The quantitative estimate of drug-likeness (QED) is 0.648. The van der Waals surface area contributed by atoms with E-state index in [0.717, 1.165) is 0 Å². The highest BCUT2D eigenvalue weighted by atomic mass is 32.2. The Morgan fingerprint density at radius 1 is 1.26 bits per heavy atom. The predicted molar refractivity (Wildman–Crippen MR) is 71.7 cm³/mol. The van der Waals surface area contributed by atoms with Gasteiger partial charge in [0.2, 0.25) is 0 Å². The van der Waals surface area contributed by atoms with Crippen molar-refractivity contribution in [2.24, 2.45) is 5.41 Å². The molecule has 0 radical (unpaired) electrons. The summed E-state index contributed by atoms with van der Waals surface area (Å²) in [5.74, 6) is -1.29. The summed E-state index contributed by atoms with van der Waals surface area (Å²) in [4.78, 5) is 22.5. The van der Waals surface area contributed by atoms with Gasteiger partial charge in [0.15, 0.2) is 9.84 Å². The molecule has 0 aromatic rings. The Morgan fingerprint density at radius 2 is 1.79 bits per heavy atom. The highest BCUT2D eigenvalue weighted by Crippen LogP contribution is 2.19. The van der Waals surface area contributed by atoms with E-state index in [-0.39, 0.29) is 18.1 Å². The molecule has 8 heteroatoms. The number of carboxylic acid groups (broad SMARTS) is 1. The van der Waals surface area contributed by atoms with Crippen LogP contribution >= 0.6 is 0 Å². The third-order valence-corrected chi connectivity index (χ3v) is 4.23. The Balaban J connectivity index is 4.35. The molecule has 0 saturated heterocycles. The van der Waals surface area contributed by atoms with Crippen molar-refractivity contribution in [3.63, 3.8) is 0 Å². The van der Waals surface area contributed by atoms with Crippen molar-refractivity contribution in [2.75, 3.05) is 18.1 Å². The summed E-state index contributed by atoms with van der Waals surface area (Å²) in [5.41, 5.74) is -0.640. The molecule has 0 bridgehead atoms. The number of urea groups is 1. The first kappa shape index (κ1) is 17.7. The number of hydrogen-bond acceptors (Lipinski definition) is 4. The topological polar surface area (TPSA) is 113 Å². The Bertz CT molecular complexity index is 425. The molecule has 2 amide bonds. The molecule has 3 N–H and O–H groups in total. The van der Waals surface area contributed by atoms with Crippen LogP contribution in [0, 0.1) is 5.41 Å². The molecule has 0 aliphatic rings. The fourth-order valence-electron chi connectivity index (χ4n) is 1.30. The molecule has 0 rings (SSSR count). The normalized spacial score (nSPS) is 13.7. The van der Waals surface area contributed by atoms with Gasteiger partial charge in [-0.05, 0) is 5.41 Å². The summed E-state index contributed by atoms with van der Waals surface area (Å²) in [6.45, 7) is 6.54. The van der Waals surface area contributed by atoms with E-state index in [2.05, 4.69) is 10.6 Å². The van der Waals surface area contributed by atoms with E-state index in [9.17, 15) is 18.0 Å². The van der Waals surface area contributed by atoms with Gasteiger partial charge in [-0.3, -0.25) is 0 Å². The Morgan fingerprint density at radius 3 is 2.16 bits per heavy atom. The van der Waals surface area contributed by atoms with Crippen molar-refractivity contribution in [3.8, 4) is 0 Å². The minimum Gasteiger partial charge on any atom is -0.480 e. The van der Waals surface area contributed by atoms with E-state index in [4.69, 9.17) is 5.11 Å². The second-order valence-electron chi connectivity index (χ2n) is 5.27. The number of nitrogens with one attached hydrogen (secondary N) is 2. The lowest BCUT2D eigenvalue weighted by Crippen LogP contribution is -2.52. The van der Waals surface area contributed by atoms with Gasteiger partial charge in [-0.2, -0.15) is 0 Å². The van der Waals surface area contributed by atoms with Crippen LogP contribution < -0.4 is 10.6 Å². The summed E-state index contributed by atoms with van der Waals surface area (Å²) in [6.07, 6.45) is 0. The molecule has 0 aliphatic heterocycles. The molecule has 1 atom stereocenters. The number of amides is 2. The minimum absolute atomic E-state index is 0.00996. The lowest BCUT2D eigenvalue weighted by Gasteiger charge is -2.27. The zero-order chi connectivity index (χ0) is 15.3. The van der Waals surface area contributed by atoms with Gasteiger partial charge in [0.05, 0.1) is 5.75 Å². The Hall–Kier alpha value is -1.31. The van der Waals surface area contributed by atoms with E-state index < -0.39 is 33.3 Å². The van der Waals surface area contributed by atoms with E-state index in [1.54, 1.807) is 20.8 Å². The number of carboxylic acids is 1. The molecule has 0 aromatic heterocycles. The fraction of sp³-hybridized carbons (Fsp3) is 0.818. The number of aliphatic carboxylic acids is 1. The molecule has 0 heterocycles. The van der Waals surface area contributed by atoms with Gasteiger partial charge >= 0.3 is 12.0 Å². The van der Waals surface area contributed by atoms with Crippen molar-refractivity contribution >= 4 is 21.8 Å². The SMILES string of the molecule is CCS(=O)(=O)CCNC(=O)N[C@@H](C(=O)O)C(C)(C)C. The summed E-state index contributed by atoms with van der Waals surface area (Å²) >= 11 is 0. The zero-order valence-electron chi connectivity index (χ0n) is 11.7. The van der Waals surface area contributed by atoms with Gasteiger partial charge in [-0.1, -0.05) is 27.7 Å². The maximum atomic E-state index is 11.5. The van der Waals surface area contributed by atoms with Crippen molar-refractivity contribution in [1.82, 2.24) is 10.6 Å². The van der Waals surface area contributed by atoms with Crippen molar-refractivity contribution in [1.29, 1.82) is 0 Å². The molecule has 0 aliphatic carbocycles. The summed E-state index contributed by atoms with van der Waals surface area (Å²) < 4.78 is 22.4. The van der Waals surface area contributed by atoms with Gasteiger partial charge in [0.1, 0.15) is 6.04 Å². The number of rotatable bonds is 6. The van der Waals surface area contributed by atoms with Gasteiger partial charge in [0.25, 0.3) is 0 Å². The molecule has 0 aromatic carbocycles. The molecule has 0 unspecified atom stereocenters. The van der Waals surface area contributed by atoms with Gasteiger partial charge in [0, 0.05) is 12.3 Å². The van der Waals surface area contributed by atoms with Crippen LogP contribution in [0.15, 0.2) is 0 Å². The molecule has 0 spiro atoms. The lowest BCUT2D eigenvalue weighted by molar-refractivity contribution is -0.141. The van der Waals surface area contributed by atoms with Gasteiger partial charge in [-0.15, -0.1) is 0 Å². The second kappa shape index (κ2) is 6.74. The van der Waals surface area contributed by atoms with Crippen LogP contribution in [0.3, 0.4) is 0 Å². The highest BCUT2D eigenvalue weighted by molar-refractivity contribution is 7.91. The average molecular weight is 294 g/mol. The summed E-state index contributed by atoms with van der Waals surface area (Å²) in [7, 11) is -3.15. The first-order valence-electron chi connectivity index (χ1n) is 5.97. The van der Waals surface area contributed by atoms with Crippen LogP contribution in [0.25, 0.3) is 0 Å². The molecular weight excluding hydrogens is 272 g/mol. The third-order valence-electron chi connectivity index (χ3n) is 2.53. The number of hydrogen-bond donors (Lipinski definition) is 3. The molecule has 7 nitrogen and oxygen atoms in total. The lowest BCUT2D eigenvalue weighted by atomic mass is 9.87. The largest absolute Gasteiger partial charge is 0.480 e. The first-order valence-corrected chi connectivity index (χ1v) is 7.79. The molecule has 0 saturated carbocycles. The third kappa shape index (κ3) is 7.00. The number of sulfone groups is 1. The van der Waals surface area contributed by atoms with Crippen LogP contribution in [0.2, 0.25) is 0 Å². The van der Waals surface area contributed by atoms with Crippen molar-refractivity contribution < 1.29 is 23.1 Å².